The van der Waals surface area contributed by atoms with Gasteiger partial charge in [0.25, 0.3) is 0 Å². The van der Waals surface area contributed by atoms with Gasteiger partial charge in [0.15, 0.2) is 6.17 Å². The smallest absolute Gasteiger partial charge is 0.193 e. The largest absolute Gasteiger partial charge is 0.318 e. The third-order valence-corrected chi connectivity index (χ3v) is 5.14. The molecule has 3 rings (SSSR count). The lowest BCUT2D eigenvalue weighted by Gasteiger charge is -2.45. The van der Waals surface area contributed by atoms with Gasteiger partial charge >= 0.3 is 0 Å². The summed E-state index contributed by atoms with van der Waals surface area (Å²) in [7, 11) is 0. The highest BCUT2D eigenvalue weighted by Crippen LogP contribution is 2.31. The van der Waals surface area contributed by atoms with E-state index in [1.54, 1.807) is 12.1 Å². The Kier molecular flexibility index (Phi) is 4.67. The van der Waals surface area contributed by atoms with E-state index in [1.807, 2.05) is 12.1 Å². The molecular weight excluding hydrogens is 287 g/mol. The first-order valence-corrected chi connectivity index (χ1v) is 8.61. The molecule has 0 amide bonds. The molecule has 0 radical (unpaired) electrons. The van der Waals surface area contributed by atoms with E-state index in [2.05, 4.69) is 49.9 Å². The van der Waals surface area contributed by atoms with Crippen molar-refractivity contribution in [2.75, 3.05) is 11.4 Å². The molecule has 0 fully saturated rings. The Morgan fingerprint density at radius 1 is 1.13 bits per heavy atom. The molecule has 3 atom stereocenters. The molecule has 1 N–H and O–H groups in total. The standard InChI is InChI=1S/C20H25FN2/c1-4-15(3)23-14-16-10-6-9-13-19(16)22(5-2)20(23)17-11-7-8-12-18(17)21/h6-13,15,20H,4-5,14H2,1-3H3/p+1. The number of anilines is 1. The van der Waals surface area contributed by atoms with Gasteiger partial charge in [0, 0.05) is 12.1 Å². The Morgan fingerprint density at radius 3 is 2.52 bits per heavy atom. The van der Waals surface area contributed by atoms with E-state index in [9.17, 15) is 4.39 Å². The van der Waals surface area contributed by atoms with Gasteiger partial charge < -0.3 is 9.80 Å². The van der Waals surface area contributed by atoms with Crippen molar-refractivity contribution in [2.24, 2.45) is 0 Å². The van der Waals surface area contributed by atoms with E-state index in [-0.39, 0.29) is 12.0 Å². The molecule has 0 aliphatic carbocycles. The van der Waals surface area contributed by atoms with Crippen LogP contribution in [0.4, 0.5) is 10.1 Å². The third kappa shape index (κ3) is 2.86. The maximum Gasteiger partial charge on any atom is 0.193 e. The van der Waals surface area contributed by atoms with Gasteiger partial charge in [-0.05, 0) is 38.5 Å². The van der Waals surface area contributed by atoms with Crippen LogP contribution in [0.15, 0.2) is 48.5 Å². The molecule has 0 bridgehead atoms. The molecule has 2 aromatic carbocycles. The van der Waals surface area contributed by atoms with Gasteiger partial charge in [-0.2, -0.15) is 0 Å². The average molecular weight is 313 g/mol. The van der Waals surface area contributed by atoms with Crippen LogP contribution in [0.3, 0.4) is 0 Å². The van der Waals surface area contributed by atoms with Crippen LogP contribution >= 0.6 is 0 Å². The highest BCUT2D eigenvalue weighted by atomic mass is 19.1. The van der Waals surface area contributed by atoms with E-state index in [0.29, 0.717) is 6.04 Å². The van der Waals surface area contributed by atoms with Gasteiger partial charge in [-0.1, -0.05) is 37.3 Å². The summed E-state index contributed by atoms with van der Waals surface area (Å²) >= 11 is 0. The first kappa shape index (κ1) is 16.0. The highest BCUT2D eigenvalue weighted by Gasteiger charge is 2.39. The summed E-state index contributed by atoms with van der Waals surface area (Å²) in [4.78, 5) is 3.79. The molecule has 2 aromatic rings. The quantitative estimate of drug-likeness (QED) is 0.907. The van der Waals surface area contributed by atoms with Crippen molar-refractivity contribution in [3.63, 3.8) is 0 Å². The van der Waals surface area contributed by atoms with Crippen molar-refractivity contribution in [2.45, 2.75) is 45.9 Å². The van der Waals surface area contributed by atoms with Crippen LogP contribution in [0.2, 0.25) is 0 Å². The second-order valence-electron chi connectivity index (χ2n) is 6.40. The van der Waals surface area contributed by atoms with Crippen molar-refractivity contribution in [1.82, 2.24) is 0 Å². The second kappa shape index (κ2) is 6.71. The first-order chi connectivity index (χ1) is 11.2. The zero-order valence-electron chi connectivity index (χ0n) is 14.2. The molecule has 0 aromatic heterocycles. The van der Waals surface area contributed by atoms with Gasteiger partial charge in [-0.15, -0.1) is 0 Å². The van der Waals surface area contributed by atoms with E-state index in [0.717, 1.165) is 25.1 Å². The number of para-hydroxylation sites is 1. The number of benzene rings is 2. The fourth-order valence-electron chi connectivity index (χ4n) is 3.72. The molecule has 3 heteroatoms. The molecular formula is C20H26FN2+. The lowest BCUT2D eigenvalue weighted by molar-refractivity contribution is -0.968. The number of nitrogens with zero attached hydrogens (tertiary/aromatic N) is 1. The number of hydrogen-bond donors (Lipinski definition) is 1. The van der Waals surface area contributed by atoms with Crippen LogP contribution in [0.1, 0.15) is 44.5 Å². The maximum atomic E-state index is 14.6. The predicted molar refractivity (Wildman–Crippen MR) is 93.0 cm³/mol. The van der Waals surface area contributed by atoms with E-state index in [4.69, 9.17) is 0 Å². The summed E-state index contributed by atoms with van der Waals surface area (Å²) in [6.45, 7) is 8.46. The van der Waals surface area contributed by atoms with Gasteiger partial charge in [0.05, 0.1) is 17.3 Å². The van der Waals surface area contributed by atoms with E-state index >= 15 is 0 Å². The number of nitrogens with one attached hydrogen (secondary N) is 1. The summed E-state index contributed by atoms with van der Waals surface area (Å²) in [6, 6.07) is 16.3. The van der Waals surface area contributed by atoms with E-state index < -0.39 is 0 Å². The van der Waals surface area contributed by atoms with Crippen LogP contribution in [0.25, 0.3) is 0 Å². The Morgan fingerprint density at radius 2 is 1.83 bits per heavy atom. The van der Waals surface area contributed by atoms with Crippen molar-refractivity contribution in [3.05, 3.63) is 65.5 Å². The average Bonchev–Trinajstić information content (AvgIpc) is 2.60. The minimum atomic E-state index is -0.101. The monoisotopic (exact) mass is 313 g/mol. The maximum absolute atomic E-state index is 14.6. The first-order valence-electron chi connectivity index (χ1n) is 8.61. The molecule has 23 heavy (non-hydrogen) atoms. The Hall–Kier alpha value is -1.87. The van der Waals surface area contributed by atoms with Crippen molar-refractivity contribution >= 4 is 5.69 Å². The molecule has 2 nitrogen and oxygen atoms in total. The summed E-state index contributed by atoms with van der Waals surface area (Å²) < 4.78 is 14.6. The molecule has 1 aliphatic rings. The zero-order valence-corrected chi connectivity index (χ0v) is 14.2. The number of rotatable bonds is 4. The van der Waals surface area contributed by atoms with Crippen LogP contribution in [-0.2, 0) is 6.54 Å². The van der Waals surface area contributed by atoms with Crippen LogP contribution in [-0.4, -0.2) is 12.6 Å². The summed E-state index contributed by atoms with van der Waals surface area (Å²) in [5, 5.41) is 0. The van der Waals surface area contributed by atoms with Crippen molar-refractivity contribution < 1.29 is 9.29 Å². The lowest BCUT2D eigenvalue weighted by Crippen LogP contribution is -3.16. The molecule has 3 unspecified atom stereocenters. The molecule has 0 saturated heterocycles. The predicted octanol–water partition coefficient (Wildman–Crippen LogP) is 3.55. The third-order valence-electron chi connectivity index (χ3n) is 5.14. The zero-order chi connectivity index (χ0) is 16.4. The Bertz CT molecular complexity index is 670. The van der Waals surface area contributed by atoms with Gasteiger partial charge in [-0.3, -0.25) is 0 Å². The highest BCUT2D eigenvalue weighted by molar-refractivity contribution is 5.55. The SMILES string of the molecule is CCC(C)[NH+]1Cc2ccccc2N(CC)C1c1ccccc1F. The Labute approximate surface area is 138 Å². The fourth-order valence-corrected chi connectivity index (χ4v) is 3.72. The van der Waals surface area contributed by atoms with Gasteiger partial charge in [0.2, 0.25) is 0 Å². The number of quaternary nitrogens is 1. The molecule has 1 aliphatic heterocycles. The minimum absolute atomic E-state index is 0.0334. The van der Waals surface area contributed by atoms with Crippen LogP contribution < -0.4 is 9.80 Å². The topological polar surface area (TPSA) is 7.68 Å². The number of hydrogen-bond acceptors (Lipinski definition) is 1. The molecule has 0 saturated carbocycles. The Balaban J connectivity index is 2.14. The van der Waals surface area contributed by atoms with Crippen molar-refractivity contribution in [3.8, 4) is 0 Å². The summed E-state index contributed by atoms with van der Waals surface area (Å²) in [5.74, 6) is -0.101. The number of halogens is 1. The van der Waals surface area contributed by atoms with Crippen molar-refractivity contribution in [1.29, 1.82) is 0 Å². The van der Waals surface area contributed by atoms with Crippen LogP contribution in [0, 0.1) is 5.82 Å². The molecule has 122 valence electrons. The minimum Gasteiger partial charge on any atom is -0.318 e. The number of fused-ring (bicyclic) bond motifs is 1. The van der Waals surface area contributed by atoms with Crippen LogP contribution in [0.5, 0.6) is 0 Å². The normalized spacial score (nSPS) is 21.8. The lowest BCUT2D eigenvalue weighted by atomic mass is 9.99. The van der Waals surface area contributed by atoms with E-state index in [1.165, 1.54) is 16.2 Å². The van der Waals surface area contributed by atoms with Gasteiger partial charge in [0.1, 0.15) is 12.4 Å². The second-order valence-corrected chi connectivity index (χ2v) is 6.40. The summed E-state index contributed by atoms with van der Waals surface area (Å²) in [6.07, 6.45) is 1.12. The van der Waals surface area contributed by atoms with Gasteiger partial charge in [-0.25, -0.2) is 4.39 Å². The fraction of sp³-hybridized carbons (Fsp3) is 0.400. The molecule has 1 heterocycles. The summed E-state index contributed by atoms with van der Waals surface area (Å²) in [5.41, 5.74) is 3.41. The molecule has 0 spiro atoms.